The molecule has 0 spiro atoms. The molecule has 1 aliphatic heterocycles. The highest BCUT2D eigenvalue weighted by atomic mass is 19.4. The third-order valence-corrected chi connectivity index (χ3v) is 8.55. The van der Waals surface area contributed by atoms with Crippen LogP contribution in [0.3, 0.4) is 0 Å². The molecule has 5 atom stereocenters. The maximum Gasteiger partial charge on any atom is 0.416 e. The predicted octanol–water partition coefficient (Wildman–Crippen LogP) is 8.72. The van der Waals surface area contributed by atoms with Gasteiger partial charge in [0.25, 0.3) is 0 Å². The van der Waals surface area contributed by atoms with E-state index >= 15 is 0 Å². The molecule has 0 saturated heterocycles. The highest BCUT2D eigenvalue weighted by molar-refractivity contribution is 6.00. The normalized spacial score (nSPS) is 22.9. The van der Waals surface area contributed by atoms with Crippen molar-refractivity contribution in [1.82, 2.24) is 0 Å². The van der Waals surface area contributed by atoms with Gasteiger partial charge >= 0.3 is 6.18 Å². The van der Waals surface area contributed by atoms with E-state index in [9.17, 15) is 27.2 Å². The molecular formula is C36H28F4O3. The molecule has 43 heavy (non-hydrogen) atoms. The molecule has 0 fully saturated rings. The van der Waals surface area contributed by atoms with Crippen LogP contribution in [0, 0.1) is 31.5 Å². The summed E-state index contributed by atoms with van der Waals surface area (Å²) >= 11 is 0. The van der Waals surface area contributed by atoms with Crippen molar-refractivity contribution in [3.8, 4) is 5.75 Å². The first-order valence-electron chi connectivity index (χ1n) is 14.0. The molecule has 4 aromatic carbocycles. The van der Waals surface area contributed by atoms with Crippen molar-refractivity contribution in [1.29, 1.82) is 0 Å². The van der Waals surface area contributed by atoms with Crippen molar-refractivity contribution >= 4 is 12.1 Å². The molecule has 7 heteroatoms. The zero-order valence-corrected chi connectivity index (χ0v) is 23.4. The second-order valence-corrected chi connectivity index (χ2v) is 11.4. The van der Waals surface area contributed by atoms with E-state index in [0.29, 0.717) is 16.9 Å². The van der Waals surface area contributed by atoms with E-state index in [2.05, 4.69) is 0 Å². The maximum atomic E-state index is 14.8. The van der Waals surface area contributed by atoms with Crippen molar-refractivity contribution in [2.45, 2.75) is 38.0 Å². The number of Topliss-reactive ketones (excluding diaryl/α,β-unsaturated/α-hetero) is 1. The Morgan fingerprint density at radius 1 is 0.837 bits per heavy atom. The smallest absolute Gasteiger partial charge is 0.416 e. The molecule has 4 aromatic rings. The molecule has 1 aliphatic carbocycles. The lowest BCUT2D eigenvalue weighted by molar-refractivity contribution is -0.137. The lowest BCUT2D eigenvalue weighted by Gasteiger charge is -2.47. The number of aldehydes is 1. The molecule has 0 radical (unpaired) electrons. The van der Waals surface area contributed by atoms with Gasteiger partial charge in [-0.25, -0.2) is 4.39 Å². The summed E-state index contributed by atoms with van der Waals surface area (Å²) < 4.78 is 61.4. The van der Waals surface area contributed by atoms with E-state index in [1.54, 1.807) is 6.07 Å². The van der Waals surface area contributed by atoms with E-state index in [-0.39, 0.29) is 5.56 Å². The summed E-state index contributed by atoms with van der Waals surface area (Å²) in [6.07, 6.45) is -2.58. The standard InChI is InChI=1S/C36H28F4O3/c1-20-5-3-7-23(15-20)31-25(19-41)17-29-32(33(31)34(42)22-9-11-26(12-10-22)36(38,39)40)28-18-27(37)13-14-30(28)43-35(29)24-8-4-6-21(2)16-24/h3-19,29,31-33,35H,1-2H3/t29-,31-,32-,33+,35-/m0/s1. The Morgan fingerprint density at radius 3 is 2.12 bits per heavy atom. The Kier molecular flexibility index (Phi) is 7.28. The van der Waals surface area contributed by atoms with Gasteiger partial charge in [0.1, 0.15) is 24.0 Å². The number of ether oxygens (including phenoxy) is 1. The SMILES string of the molecule is Cc1cccc([C@H]2C(C=O)=C[C@H]3[C@H](c4cc(F)ccc4O[C@H]3c3cccc(C)c3)[C@@H]2C(=O)c2ccc(C(F)(F)F)cc2)c1. The third kappa shape index (κ3) is 5.29. The maximum absolute atomic E-state index is 14.8. The van der Waals surface area contributed by atoms with Crippen LogP contribution in [-0.2, 0) is 11.0 Å². The number of alkyl halides is 3. The van der Waals surface area contributed by atoms with Crippen LogP contribution in [0.1, 0.15) is 61.7 Å². The number of rotatable bonds is 5. The van der Waals surface area contributed by atoms with Crippen LogP contribution in [-0.4, -0.2) is 12.1 Å². The van der Waals surface area contributed by atoms with Gasteiger partial charge in [0.15, 0.2) is 5.78 Å². The lowest BCUT2D eigenvalue weighted by atomic mass is 9.58. The predicted molar refractivity (Wildman–Crippen MR) is 155 cm³/mol. The van der Waals surface area contributed by atoms with Crippen molar-refractivity contribution in [2.24, 2.45) is 11.8 Å². The minimum atomic E-state index is -4.56. The Morgan fingerprint density at radius 2 is 1.49 bits per heavy atom. The van der Waals surface area contributed by atoms with Crippen molar-refractivity contribution in [2.75, 3.05) is 0 Å². The fraction of sp³-hybridized carbons (Fsp3) is 0.222. The topological polar surface area (TPSA) is 43.4 Å². The van der Waals surface area contributed by atoms with Gasteiger partial charge in [0, 0.05) is 34.8 Å². The van der Waals surface area contributed by atoms with E-state index in [4.69, 9.17) is 4.74 Å². The summed E-state index contributed by atoms with van der Waals surface area (Å²) in [5.41, 5.74) is 3.54. The van der Waals surface area contributed by atoms with Gasteiger partial charge in [0.05, 0.1) is 5.56 Å². The number of ketones is 1. The van der Waals surface area contributed by atoms with Crippen LogP contribution in [0.4, 0.5) is 17.6 Å². The summed E-state index contributed by atoms with van der Waals surface area (Å²) in [5, 5.41) is 0. The molecule has 0 unspecified atom stereocenters. The van der Waals surface area contributed by atoms with Crippen LogP contribution in [0.2, 0.25) is 0 Å². The molecule has 3 nitrogen and oxygen atoms in total. The summed E-state index contributed by atoms with van der Waals surface area (Å²) in [7, 11) is 0. The van der Waals surface area contributed by atoms with Gasteiger partial charge in [-0.05, 0) is 60.9 Å². The monoisotopic (exact) mass is 584 g/mol. The average Bonchev–Trinajstić information content (AvgIpc) is 2.99. The van der Waals surface area contributed by atoms with Crippen LogP contribution >= 0.6 is 0 Å². The van der Waals surface area contributed by atoms with Crippen molar-refractivity contribution < 1.29 is 31.9 Å². The first-order valence-corrected chi connectivity index (χ1v) is 14.0. The van der Waals surface area contributed by atoms with E-state index in [1.807, 2.05) is 68.5 Å². The molecular weight excluding hydrogens is 556 g/mol. The van der Waals surface area contributed by atoms with Crippen molar-refractivity contribution in [3.63, 3.8) is 0 Å². The first kappa shape index (κ1) is 28.6. The molecule has 0 amide bonds. The van der Waals surface area contributed by atoms with Gasteiger partial charge in [0.2, 0.25) is 0 Å². The molecule has 0 bridgehead atoms. The van der Waals surface area contributed by atoms with E-state index < -0.39 is 53.1 Å². The number of allylic oxidation sites excluding steroid dienone is 1. The number of halogens is 4. The summed E-state index contributed by atoms with van der Waals surface area (Å²) in [6, 6.07) is 23.6. The number of hydrogen-bond acceptors (Lipinski definition) is 3. The Balaban J connectivity index is 1.60. The highest BCUT2D eigenvalue weighted by Gasteiger charge is 2.51. The molecule has 218 valence electrons. The molecule has 0 aromatic heterocycles. The van der Waals surface area contributed by atoms with Crippen molar-refractivity contribution in [3.05, 3.63) is 147 Å². The lowest BCUT2D eigenvalue weighted by Crippen LogP contribution is -2.42. The van der Waals surface area contributed by atoms with Crippen LogP contribution < -0.4 is 4.74 Å². The van der Waals surface area contributed by atoms with Crippen LogP contribution in [0.15, 0.2) is 103 Å². The molecule has 0 N–H and O–H groups in total. The van der Waals surface area contributed by atoms with Gasteiger partial charge in [-0.3, -0.25) is 9.59 Å². The van der Waals surface area contributed by atoms with Gasteiger partial charge in [-0.1, -0.05) is 77.9 Å². The highest BCUT2D eigenvalue weighted by Crippen LogP contribution is 2.58. The number of carbonyl (C=O) groups excluding carboxylic acids is 2. The minimum absolute atomic E-state index is 0.0816. The van der Waals surface area contributed by atoms with E-state index in [0.717, 1.165) is 40.7 Å². The number of carbonyl (C=O) groups is 2. The molecule has 1 heterocycles. The second kappa shape index (κ2) is 11.0. The summed E-state index contributed by atoms with van der Waals surface area (Å²) in [5.74, 6) is -3.36. The van der Waals surface area contributed by atoms with Crippen LogP contribution in [0.5, 0.6) is 5.75 Å². The summed E-state index contributed by atoms with van der Waals surface area (Å²) in [6.45, 7) is 3.85. The average molecular weight is 585 g/mol. The third-order valence-electron chi connectivity index (χ3n) is 8.55. The Labute approximate surface area is 246 Å². The number of aryl methyl sites for hydroxylation is 2. The summed E-state index contributed by atoms with van der Waals surface area (Å²) in [4.78, 5) is 27.3. The van der Waals surface area contributed by atoms with E-state index in [1.165, 1.54) is 24.3 Å². The Hall–Kier alpha value is -4.52. The quantitative estimate of drug-likeness (QED) is 0.134. The fourth-order valence-electron chi connectivity index (χ4n) is 6.71. The number of hydrogen-bond donors (Lipinski definition) is 0. The van der Waals surface area contributed by atoms with Gasteiger partial charge in [-0.2, -0.15) is 13.2 Å². The molecule has 6 rings (SSSR count). The van der Waals surface area contributed by atoms with Crippen LogP contribution in [0.25, 0.3) is 0 Å². The zero-order valence-electron chi connectivity index (χ0n) is 23.4. The zero-order chi connectivity index (χ0) is 30.5. The first-order chi connectivity index (χ1) is 20.5. The molecule has 2 aliphatic rings. The number of benzene rings is 4. The minimum Gasteiger partial charge on any atom is -0.485 e. The van der Waals surface area contributed by atoms with Gasteiger partial charge < -0.3 is 4.74 Å². The van der Waals surface area contributed by atoms with Gasteiger partial charge in [-0.15, -0.1) is 0 Å². The largest absolute Gasteiger partial charge is 0.485 e. The second-order valence-electron chi connectivity index (χ2n) is 11.4. The Bertz CT molecular complexity index is 1740. The fourth-order valence-corrected chi connectivity index (χ4v) is 6.71. The molecule has 0 saturated carbocycles. The number of fused-ring (bicyclic) bond motifs is 3.